The summed E-state index contributed by atoms with van der Waals surface area (Å²) in [4.78, 5) is 11.9. The monoisotopic (exact) mass is 308 g/mol. The molecule has 23 heavy (non-hydrogen) atoms. The Morgan fingerprint density at radius 1 is 1.04 bits per heavy atom. The lowest BCUT2D eigenvalue weighted by Crippen LogP contribution is -2.05. The number of Topliss-reactive ketones (excluding diaryl/α,β-unsaturated/α-hetero) is 1. The van der Waals surface area contributed by atoms with Crippen LogP contribution in [0.3, 0.4) is 0 Å². The van der Waals surface area contributed by atoms with Crippen LogP contribution in [0.2, 0.25) is 0 Å². The van der Waals surface area contributed by atoms with Gasteiger partial charge in [-0.15, -0.1) is 0 Å². The van der Waals surface area contributed by atoms with E-state index < -0.39 is 0 Å². The van der Waals surface area contributed by atoms with Crippen LogP contribution in [-0.2, 0) is 6.42 Å². The molecule has 3 nitrogen and oxygen atoms in total. The first-order valence-corrected chi connectivity index (χ1v) is 7.72. The maximum Gasteiger partial charge on any atom is 0.160 e. The molecule has 2 rings (SSSR count). The zero-order chi connectivity index (χ0) is 17.1. The predicted octanol–water partition coefficient (Wildman–Crippen LogP) is 3.62. The molecule has 0 aliphatic carbocycles. The molecular formula is C20H24N2O. The third-order valence-corrected chi connectivity index (χ3v) is 4.57. The molecule has 0 saturated heterocycles. The largest absolute Gasteiger partial charge is 0.403 e. The Kier molecular flexibility index (Phi) is 4.89. The maximum atomic E-state index is 11.9. The second-order valence-electron chi connectivity index (χ2n) is 6.01. The first kappa shape index (κ1) is 16.8. The van der Waals surface area contributed by atoms with Crippen molar-refractivity contribution < 1.29 is 4.79 Å². The standard InChI is InChI=1S/C20H24N2O/c1-12-13(2)18(10-19(14(12)3)15(4)23)9-16-5-7-17(8-6-16)20(22)11-21/h5-8,10-11H,9,21-22H2,1-4H3/b20-11-. The van der Waals surface area contributed by atoms with Gasteiger partial charge in [-0.05, 0) is 73.6 Å². The van der Waals surface area contributed by atoms with E-state index >= 15 is 0 Å². The van der Waals surface area contributed by atoms with Gasteiger partial charge in [0.05, 0.1) is 5.70 Å². The van der Waals surface area contributed by atoms with Gasteiger partial charge < -0.3 is 11.5 Å². The molecule has 0 atom stereocenters. The molecule has 2 aromatic rings. The van der Waals surface area contributed by atoms with Gasteiger partial charge in [0.15, 0.2) is 5.78 Å². The highest BCUT2D eigenvalue weighted by Crippen LogP contribution is 2.24. The zero-order valence-corrected chi connectivity index (χ0v) is 14.2. The van der Waals surface area contributed by atoms with Crippen molar-refractivity contribution in [3.63, 3.8) is 0 Å². The third kappa shape index (κ3) is 3.45. The number of carbonyl (C=O) groups excluding carboxylic acids is 1. The summed E-state index contributed by atoms with van der Waals surface area (Å²) in [5, 5.41) is 0. The van der Waals surface area contributed by atoms with Crippen LogP contribution in [0.15, 0.2) is 36.5 Å². The molecule has 0 saturated carbocycles. The van der Waals surface area contributed by atoms with E-state index in [4.69, 9.17) is 11.5 Å². The van der Waals surface area contributed by atoms with E-state index in [2.05, 4.69) is 13.8 Å². The van der Waals surface area contributed by atoms with Gasteiger partial charge in [0.25, 0.3) is 0 Å². The quantitative estimate of drug-likeness (QED) is 0.848. The molecule has 120 valence electrons. The lowest BCUT2D eigenvalue weighted by atomic mass is 9.89. The Morgan fingerprint density at radius 2 is 1.65 bits per heavy atom. The third-order valence-electron chi connectivity index (χ3n) is 4.57. The number of hydrogen-bond donors (Lipinski definition) is 2. The Bertz CT molecular complexity index is 771. The van der Waals surface area contributed by atoms with Crippen molar-refractivity contribution in [2.45, 2.75) is 34.1 Å². The van der Waals surface area contributed by atoms with E-state index in [1.807, 2.05) is 37.3 Å². The first-order valence-electron chi connectivity index (χ1n) is 7.72. The van der Waals surface area contributed by atoms with Gasteiger partial charge in [0.2, 0.25) is 0 Å². The van der Waals surface area contributed by atoms with E-state index in [9.17, 15) is 4.79 Å². The normalized spacial score (nSPS) is 11.6. The zero-order valence-electron chi connectivity index (χ0n) is 14.2. The highest BCUT2D eigenvalue weighted by atomic mass is 16.1. The summed E-state index contributed by atoms with van der Waals surface area (Å²) in [6.45, 7) is 7.83. The summed E-state index contributed by atoms with van der Waals surface area (Å²) >= 11 is 0. The van der Waals surface area contributed by atoms with Gasteiger partial charge in [-0.25, -0.2) is 0 Å². The SMILES string of the molecule is CC(=O)c1cc(Cc2ccc(/C(N)=C/N)cc2)c(C)c(C)c1C. The number of benzene rings is 2. The van der Waals surface area contributed by atoms with Crippen molar-refractivity contribution >= 4 is 11.5 Å². The summed E-state index contributed by atoms with van der Waals surface area (Å²) in [5.41, 5.74) is 19.4. The summed E-state index contributed by atoms with van der Waals surface area (Å²) in [5.74, 6) is 0.114. The average molecular weight is 308 g/mol. The molecule has 2 aromatic carbocycles. The Balaban J connectivity index is 2.38. The minimum absolute atomic E-state index is 0.114. The van der Waals surface area contributed by atoms with Crippen LogP contribution >= 0.6 is 0 Å². The summed E-state index contributed by atoms with van der Waals surface area (Å²) in [6.07, 6.45) is 2.20. The molecule has 0 heterocycles. The average Bonchev–Trinajstić information content (AvgIpc) is 2.55. The smallest absolute Gasteiger partial charge is 0.160 e. The van der Waals surface area contributed by atoms with E-state index in [0.29, 0.717) is 5.70 Å². The molecule has 3 heteroatoms. The van der Waals surface area contributed by atoms with Crippen molar-refractivity contribution in [1.29, 1.82) is 0 Å². The Labute approximate surface area is 138 Å². The topological polar surface area (TPSA) is 69.1 Å². The number of ketones is 1. The fourth-order valence-corrected chi connectivity index (χ4v) is 2.80. The van der Waals surface area contributed by atoms with Crippen molar-refractivity contribution in [2.24, 2.45) is 11.5 Å². The number of carbonyl (C=O) groups is 1. The van der Waals surface area contributed by atoms with Crippen molar-refractivity contribution in [1.82, 2.24) is 0 Å². The van der Waals surface area contributed by atoms with Crippen molar-refractivity contribution in [2.75, 3.05) is 0 Å². The summed E-state index contributed by atoms with van der Waals surface area (Å²) < 4.78 is 0. The van der Waals surface area contributed by atoms with Gasteiger partial charge in [0, 0.05) is 11.8 Å². The maximum absolute atomic E-state index is 11.9. The minimum atomic E-state index is 0.114. The predicted molar refractivity (Wildman–Crippen MR) is 96.3 cm³/mol. The molecule has 0 unspecified atom stereocenters. The number of hydrogen-bond acceptors (Lipinski definition) is 3. The number of nitrogens with two attached hydrogens (primary N) is 2. The Morgan fingerprint density at radius 3 is 2.17 bits per heavy atom. The molecular weight excluding hydrogens is 284 g/mol. The van der Waals surface area contributed by atoms with E-state index in [0.717, 1.165) is 23.1 Å². The number of rotatable bonds is 4. The second kappa shape index (κ2) is 6.69. The van der Waals surface area contributed by atoms with Crippen LogP contribution in [0.25, 0.3) is 5.70 Å². The summed E-state index contributed by atoms with van der Waals surface area (Å²) in [6, 6.07) is 10.1. The van der Waals surface area contributed by atoms with Gasteiger partial charge in [-0.1, -0.05) is 24.3 Å². The molecule has 0 radical (unpaired) electrons. The molecule has 0 fully saturated rings. The van der Waals surface area contributed by atoms with Gasteiger partial charge >= 0.3 is 0 Å². The van der Waals surface area contributed by atoms with Crippen LogP contribution in [0.4, 0.5) is 0 Å². The fraction of sp³-hybridized carbons (Fsp3) is 0.250. The second-order valence-corrected chi connectivity index (χ2v) is 6.01. The minimum Gasteiger partial charge on any atom is -0.403 e. The molecule has 0 aromatic heterocycles. The van der Waals surface area contributed by atoms with Crippen LogP contribution in [-0.4, -0.2) is 5.78 Å². The fourth-order valence-electron chi connectivity index (χ4n) is 2.80. The molecule has 0 aliphatic rings. The highest BCUT2D eigenvalue weighted by Gasteiger charge is 2.12. The molecule has 0 bridgehead atoms. The molecule has 4 N–H and O–H groups in total. The van der Waals surface area contributed by atoms with E-state index in [-0.39, 0.29) is 5.78 Å². The Hall–Kier alpha value is -2.55. The molecule has 0 amide bonds. The van der Waals surface area contributed by atoms with Crippen LogP contribution in [0.1, 0.15) is 50.7 Å². The van der Waals surface area contributed by atoms with Crippen molar-refractivity contribution in [3.8, 4) is 0 Å². The van der Waals surface area contributed by atoms with E-state index in [1.165, 1.54) is 28.5 Å². The highest BCUT2D eigenvalue weighted by molar-refractivity contribution is 5.96. The van der Waals surface area contributed by atoms with Gasteiger partial charge in [-0.2, -0.15) is 0 Å². The summed E-state index contributed by atoms with van der Waals surface area (Å²) in [7, 11) is 0. The van der Waals surface area contributed by atoms with Crippen molar-refractivity contribution in [3.05, 3.63) is 75.5 Å². The van der Waals surface area contributed by atoms with Gasteiger partial charge in [0.1, 0.15) is 0 Å². The lowest BCUT2D eigenvalue weighted by Gasteiger charge is -2.15. The van der Waals surface area contributed by atoms with Crippen LogP contribution < -0.4 is 11.5 Å². The molecule has 0 aliphatic heterocycles. The van der Waals surface area contributed by atoms with E-state index in [1.54, 1.807) is 6.92 Å². The van der Waals surface area contributed by atoms with Gasteiger partial charge in [-0.3, -0.25) is 4.79 Å². The van der Waals surface area contributed by atoms with Crippen LogP contribution in [0, 0.1) is 20.8 Å². The van der Waals surface area contributed by atoms with Crippen LogP contribution in [0.5, 0.6) is 0 Å². The first-order chi connectivity index (χ1) is 10.8. The lowest BCUT2D eigenvalue weighted by molar-refractivity contribution is 0.101. The molecule has 0 spiro atoms.